The third kappa shape index (κ3) is 3.19. The highest BCUT2D eigenvalue weighted by Gasteiger charge is 2.12. The first-order chi connectivity index (χ1) is 11.6. The van der Waals surface area contributed by atoms with E-state index in [9.17, 15) is 13.6 Å². The summed E-state index contributed by atoms with van der Waals surface area (Å²) in [6, 6.07) is 9.10. The first kappa shape index (κ1) is 15.9. The average molecular weight is 331 g/mol. The zero-order chi connectivity index (χ0) is 17.1. The number of carbonyl (C=O) groups excluding carboxylic acids is 1. The quantitative estimate of drug-likeness (QED) is 0.780. The van der Waals surface area contributed by atoms with Gasteiger partial charge in [-0.15, -0.1) is 0 Å². The number of hydrogen-bond acceptors (Lipinski definition) is 3. The van der Waals surface area contributed by atoms with E-state index in [1.807, 2.05) is 6.92 Å². The van der Waals surface area contributed by atoms with Crippen LogP contribution in [-0.2, 0) is 11.3 Å². The van der Waals surface area contributed by atoms with Gasteiger partial charge in [-0.25, -0.2) is 13.8 Å². The van der Waals surface area contributed by atoms with Crippen molar-refractivity contribution in [2.75, 3.05) is 11.9 Å². The van der Waals surface area contributed by atoms with Crippen molar-refractivity contribution in [1.82, 2.24) is 9.55 Å². The second-order valence-corrected chi connectivity index (χ2v) is 5.10. The minimum atomic E-state index is -0.980. The van der Waals surface area contributed by atoms with Crippen LogP contribution in [0.25, 0.3) is 11.0 Å². The van der Waals surface area contributed by atoms with Crippen molar-refractivity contribution in [3.63, 3.8) is 0 Å². The van der Waals surface area contributed by atoms with Gasteiger partial charge in [0.05, 0.1) is 29.7 Å². The van der Waals surface area contributed by atoms with Gasteiger partial charge < -0.3 is 14.6 Å². The molecule has 0 aliphatic heterocycles. The summed E-state index contributed by atoms with van der Waals surface area (Å²) in [5.74, 6) is -1.71. The Morgan fingerprint density at radius 3 is 2.79 bits per heavy atom. The van der Waals surface area contributed by atoms with Crippen LogP contribution in [0.3, 0.4) is 0 Å². The van der Waals surface area contributed by atoms with Crippen LogP contribution in [0.1, 0.15) is 6.92 Å². The van der Waals surface area contributed by atoms with Gasteiger partial charge in [-0.1, -0.05) is 12.1 Å². The zero-order valence-electron chi connectivity index (χ0n) is 12.9. The molecule has 2 aromatic carbocycles. The number of nitrogens with zero attached hydrogens (tertiary/aromatic N) is 2. The van der Waals surface area contributed by atoms with Crippen molar-refractivity contribution in [2.45, 2.75) is 13.5 Å². The van der Waals surface area contributed by atoms with Gasteiger partial charge in [0.15, 0.2) is 11.6 Å². The van der Waals surface area contributed by atoms with Crippen LogP contribution in [0.5, 0.6) is 5.75 Å². The van der Waals surface area contributed by atoms with Gasteiger partial charge in [0.1, 0.15) is 12.3 Å². The molecule has 3 aromatic rings. The standard InChI is InChI=1S/C17H15F2N3O2/c1-2-24-16-6-4-3-5-13(16)21-17(23)9-22-10-20-14-7-11(18)12(19)8-15(14)22/h3-8,10H,2,9H2,1H3,(H,21,23). The average Bonchev–Trinajstić information content (AvgIpc) is 2.92. The van der Waals surface area contributed by atoms with Crippen LogP contribution < -0.4 is 10.1 Å². The summed E-state index contributed by atoms with van der Waals surface area (Å²) < 4.78 is 33.5. The number of hydrogen-bond donors (Lipinski definition) is 1. The molecule has 0 spiro atoms. The molecular weight excluding hydrogens is 316 g/mol. The Hall–Kier alpha value is -2.96. The molecular formula is C17H15F2N3O2. The number of benzene rings is 2. The van der Waals surface area contributed by atoms with E-state index in [0.717, 1.165) is 12.1 Å². The smallest absolute Gasteiger partial charge is 0.244 e. The lowest BCUT2D eigenvalue weighted by Gasteiger charge is -2.11. The zero-order valence-corrected chi connectivity index (χ0v) is 12.9. The fraction of sp³-hybridized carbons (Fsp3) is 0.176. The lowest BCUT2D eigenvalue weighted by atomic mass is 10.3. The molecule has 0 saturated heterocycles. The van der Waals surface area contributed by atoms with E-state index in [1.165, 1.54) is 10.9 Å². The molecule has 1 amide bonds. The Balaban J connectivity index is 1.80. The lowest BCUT2D eigenvalue weighted by Crippen LogP contribution is -2.18. The van der Waals surface area contributed by atoms with Crippen molar-refractivity contribution in [3.05, 3.63) is 54.4 Å². The topological polar surface area (TPSA) is 56.1 Å². The fourth-order valence-corrected chi connectivity index (χ4v) is 2.38. The van der Waals surface area contributed by atoms with Crippen molar-refractivity contribution >= 4 is 22.6 Å². The van der Waals surface area contributed by atoms with E-state index in [-0.39, 0.29) is 18.0 Å². The van der Waals surface area contributed by atoms with Crippen molar-refractivity contribution in [3.8, 4) is 5.75 Å². The molecule has 0 saturated carbocycles. The summed E-state index contributed by atoms with van der Waals surface area (Å²) in [7, 11) is 0. The van der Waals surface area contributed by atoms with Gasteiger partial charge in [-0.2, -0.15) is 0 Å². The maximum atomic E-state index is 13.4. The highest BCUT2D eigenvalue weighted by Crippen LogP contribution is 2.24. The van der Waals surface area contributed by atoms with Crippen molar-refractivity contribution in [1.29, 1.82) is 0 Å². The van der Waals surface area contributed by atoms with Crippen LogP contribution in [-0.4, -0.2) is 22.1 Å². The molecule has 0 bridgehead atoms. The van der Waals surface area contributed by atoms with Gasteiger partial charge in [-0.05, 0) is 19.1 Å². The molecule has 0 fully saturated rings. The number of amides is 1. The number of halogens is 2. The molecule has 0 aliphatic rings. The largest absolute Gasteiger partial charge is 0.492 e. The second-order valence-electron chi connectivity index (χ2n) is 5.10. The first-order valence-corrected chi connectivity index (χ1v) is 7.40. The third-order valence-corrected chi connectivity index (χ3v) is 3.44. The van der Waals surface area contributed by atoms with Crippen molar-refractivity contribution in [2.24, 2.45) is 0 Å². The minimum Gasteiger partial charge on any atom is -0.492 e. The second kappa shape index (κ2) is 6.66. The number of nitrogens with one attached hydrogen (secondary N) is 1. The molecule has 0 radical (unpaired) electrons. The number of anilines is 1. The molecule has 0 unspecified atom stereocenters. The first-order valence-electron chi connectivity index (χ1n) is 7.40. The number of rotatable bonds is 5. The van der Waals surface area contributed by atoms with E-state index in [0.29, 0.717) is 23.6 Å². The minimum absolute atomic E-state index is 0.0813. The van der Waals surface area contributed by atoms with E-state index < -0.39 is 11.6 Å². The Bertz CT molecular complexity index is 893. The molecule has 1 aromatic heterocycles. The van der Waals surface area contributed by atoms with Crippen LogP contribution >= 0.6 is 0 Å². The van der Waals surface area contributed by atoms with E-state index in [4.69, 9.17) is 4.74 Å². The number of imidazole rings is 1. The molecule has 5 nitrogen and oxygen atoms in total. The highest BCUT2D eigenvalue weighted by molar-refractivity contribution is 5.93. The molecule has 1 N–H and O–H groups in total. The number of fused-ring (bicyclic) bond motifs is 1. The number of aromatic nitrogens is 2. The number of ether oxygens (including phenoxy) is 1. The summed E-state index contributed by atoms with van der Waals surface area (Å²) in [4.78, 5) is 16.2. The Kier molecular flexibility index (Phi) is 4.41. The van der Waals surface area contributed by atoms with Gasteiger partial charge in [0.2, 0.25) is 5.91 Å². The summed E-state index contributed by atoms with van der Waals surface area (Å²) in [6.45, 7) is 2.25. The molecule has 3 rings (SSSR count). The Morgan fingerprint density at radius 2 is 2.00 bits per heavy atom. The van der Waals surface area contributed by atoms with Gasteiger partial charge in [0, 0.05) is 12.1 Å². The van der Waals surface area contributed by atoms with E-state index in [2.05, 4.69) is 10.3 Å². The molecule has 0 atom stereocenters. The molecule has 7 heteroatoms. The predicted octanol–water partition coefficient (Wildman–Crippen LogP) is 3.35. The number of para-hydroxylation sites is 2. The SMILES string of the molecule is CCOc1ccccc1NC(=O)Cn1cnc2cc(F)c(F)cc21. The predicted molar refractivity (Wildman–Crippen MR) is 85.9 cm³/mol. The summed E-state index contributed by atoms with van der Waals surface area (Å²) in [5.41, 5.74) is 1.18. The molecule has 24 heavy (non-hydrogen) atoms. The van der Waals surface area contributed by atoms with Crippen LogP contribution in [0.15, 0.2) is 42.7 Å². The molecule has 0 aliphatic carbocycles. The van der Waals surface area contributed by atoms with Crippen LogP contribution in [0, 0.1) is 11.6 Å². The maximum absolute atomic E-state index is 13.4. The van der Waals surface area contributed by atoms with E-state index in [1.54, 1.807) is 24.3 Å². The Labute approximate surface area is 136 Å². The van der Waals surface area contributed by atoms with E-state index >= 15 is 0 Å². The van der Waals surface area contributed by atoms with Gasteiger partial charge >= 0.3 is 0 Å². The Morgan fingerprint density at radius 1 is 1.25 bits per heavy atom. The van der Waals surface area contributed by atoms with Crippen LogP contribution in [0.2, 0.25) is 0 Å². The maximum Gasteiger partial charge on any atom is 0.244 e. The number of carbonyl (C=O) groups is 1. The molecule has 124 valence electrons. The van der Waals surface area contributed by atoms with Crippen LogP contribution in [0.4, 0.5) is 14.5 Å². The fourth-order valence-electron chi connectivity index (χ4n) is 2.38. The molecule has 1 heterocycles. The van der Waals surface area contributed by atoms with Crippen molar-refractivity contribution < 1.29 is 18.3 Å². The highest BCUT2D eigenvalue weighted by atomic mass is 19.2. The summed E-state index contributed by atoms with van der Waals surface area (Å²) >= 11 is 0. The van der Waals surface area contributed by atoms with Gasteiger partial charge in [-0.3, -0.25) is 4.79 Å². The third-order valence-electron chi connectivity index (χ3n) is 3.44. The van der Waals surface area contributed by atoms with Gasteiger partial charge in [0.25, 0.3) is 0 Å². The monoisotopic (exact) mass is 331 g/mol. The summed E-state index contributed by atoms with van der Waals surface area (Å²) in [5, 5.41) is 2.74. The lowest BCUT2D eigenvalue weighted by molar-refractivity contribution is -0.116. The normalized spacial score (nSPS) is 10.8. The summed E-state index contributed by atoms with van der Waals surface area (Å²) in [6.07, 6.45) is 1.37.